The fourth-order valence-electron chi connectivity index (χ4n) is 0.826. The zero-order chi connectivity index (χ0) is 10.6. The van der Waals surface area contributed by atoms with E-state index in [0.717, 1.165) is 3.57 Å². The molecule has 0 spiro atoms. The monoisotopic (exact) mass is 306 g/mol. The second-order valence-corrected chi connectivity index (χ2v) is 3.73. The third-order valence-electron chi connectivity index (χ3n) is 1.39. The van der Waals surface area contributed by atoms with Crippen molar-refractivity contribution in [1.29, 1.82) is 0 Å². The number of benzene rings is 1. The minimum atomic E-state index is -1.16. The minimum Gasteiger partial charge on any atom is -0.479 e. The molecule has 0 aliphatic heterocycles. The molecule has 1 rings (SSSR count). The second kappa shape index (κ2) is 4.94. The summed E-state index contributed by atoms with van der Waals surface area (Å²) < 4.78 is 5.40. The molecule has 4 nitrogen and oxygen atoms in total. The molecule has 1 aromatic carbocycles. The van der Waals surface area contributed by atoms with Crippen LogP contribution in [0.4, 0.5) is 0 Å². The van der Waals surface area contributed by atoms with Crippen molar-refractivity contribution in [2.75, 3.05) is 6.61 Å². The number of carboxylic acid groups (broad SMARTS) is 1. The van der Waals surface area contributed by atoms with Crippen LogP contribution in [0.25, 0.3) is 0 Å². The van der Waals surface area contributed by atoms with Crippen LogP contribution in [0.1, 0.15) is 10.4 Å². The second-order valence-electron chi connectivity index (χ2n) is 2.48. The van der Waals surface area contributed by atoms with Crippen molar-refractivity contribution in [3.63, 3.8) is 0 Å². The maximum absolute atomic E-state index is 11.2. The van der Waals surface area contributed by atoms with Gasteiger partial charge >= 0.3 is 11.9 Å². The summed E-state index contributed by atoms with van der Waals surface area (Å²) in [6, 6.07) is 6.74. The molecule has 0 atom stereocenters. The highest BCUT2D eigenvalue weighted by atomic mass is 127. The predicted octanol–water partition coefficient (Wildman–Crippen LogP) is 1.53. The van der Waals surface area contributed by atoms with Gasteiger partial charge in [-0.1, -0.05) is 6.07 Å². The van der Waals surface area contributed by atoms with E-state index in [1.54, 1.807) is 18.2 Å². The average molecular weight is 306 g/mol. The number of carboxylic acids is 1. The number of rotatable bonds is 3. The average Bonchev–Trinajstić information content (AvgIpc) is 2.14. The van der Waals surface area contributed by atoms with Crippen LogP contribution in [0.15, 0.2) is 24.3 Å². The first-order valence-corrected chi connectivity index (χ1v) is 4.82. The summed E-state index contributed by atoms with van der Waals surface area (Å²) in [5.41, 5.74) is 0.359. The Kier molecular flexibility index (Phi) is 3.87. The van der Waals surface area contributed by atoms with E-state index in [1.165, 1.54) is 0 Å². The summed E-state index contributed by atoms with van der Waals surface area (Å²) in [5, 5.41) is 8.29. The number of carbonyl (C=O) groups is 2. The lowest BCUT2D eigenvalue weighted by molar-refractivity contribution is -0.140. The highest BCUT2D eigenvalue weighted by Crippen LogP contribution is 2.08. The molecular formula is C9H7IO4. The van der Waals surface area contributed by atoms with Crippen molar-refractivity contribution in [3.8, 4) is 0 Å². The van der Waals surface area contributed by atoms with Crippen LogP contribution >= 0.6 is 22.6 Å². The maximum atomic E-state index is 11.2. The third-order valence-corrected chi connectivity index (χ3v) is 2.06. The lowest BCUT2D eigenvalue weighted by Gasteiger charge is -2.01. The summed E-state index contributed by atoms with van der Waals surface area (Å²) in [7, 11) is 0. The molecule has 0 amide bonds. The van der Waals surface area contributed by atoms with Gasteiger partial charge in [0, 0.05) is 3.57 Å². The summed E-state index contributed by atoms with van der Waals surface area (Å²) in [5.74, 6) is -1.78. The molecule has 0 saturated heterocycles. The number of ether oxygens (including phenoxy) is 1. The highest BCUT2D eigenvalue weighted by Gasteiger charge is 2.08. The van der Waals surface area contributed by atoms with Crippen LogP contribution in [0.2, 0.25) is 0 Å². The molecule has 0 aliphatic rings. The molecule has 0 bridgehead atoms. The van der Waals surface area contributed by atoms with Gasteiger partial charge in [0.25, 0.3) is 0 Å². The SMILES string of the molecule is O=C(O)COC(=O)c1cccc(I)c1. The Labute approximate surface area is 94.0 Å². The van der Waals surface area contributed by atoms with Crippen molar-refractivity contribution >= 4 is 34.5 Å². The first-order valence-electron chi connectivity index (χ1n) is 3.74. The zero-order valence-electron chi connectivity index (χ0n) is 7.07. The maximum Gasteiger partial charge on any atom is 0.341 e. The normalized spacial score (nSPS) is 9.50. The van der Waals surface area contributed by atoms with Crippen LogP contribution in [-0.4, -0.2) is 23.7 Å². The van der Waals surface area contributed by atoms with Crippen molar-refractivity contribution < 1.29 is 19.4 Å². The van der Waals surface area contributed by atoms with Crippen LogP contribution in [0.3, 0.4) is 0 Å². The van der Waals surface area contributed by atoms with Gasteiger partial charge in [-0.15, -0.1) is 0 Å². The smallest absolute Gasteiger partial charge is 0.341 e. The quantitative estimate of drug-likeness (QED) is 0.679. The Balaban J connectivity index is 2.65. The number of halogens is 1. The minimum absolute atomic E-state index is 0.359. The van der Waals surface area contributed by atoms with E-state index in [1.807, 2.05) is 6.07 Å². The molecule has 1 aromatic rings. The van der Waals surface area contributed by atoms with E-state index in [4.69, 9.17) is 5.11 Å². The molecule has 0 radical (unpaired) electrons. The number of hydrogen-bond donors (Lipinski definition) is 1. The molecule has 0 unspecified atom stereocenters. The first-order chi connectivity index (χ1) is 6.59. The van der Waals surface area contributed by atoms with Crippen LogP contribution in [-0.2, 0) is 9.53 Å². The van der Waals surface area contributed by atoms with Crippen LogP contribution in [0.5, 0.6) is 0 Å². The fourth-order valence-corrected chi connectivity index (χ4v) is 1.37. The van der Waals surface area contributed by atoms with Gasteiger partial charge in [0.2, 0.25) is 0 Å². The van der Waals surface area contributed by atoms with Gasteiger partial charge in [0.15, 0.2) is 6.61 Å². The van der Waals surface area contributed by atoms with E-state index in [2.05, 4.69) is 27.3 Å². The van der Waals surface area contributed by atoms with E-state index in [-0.39, 0.29) is 0 Å². The van der Waals surface area contributed by atoms with E-state index in [9.17, 15) is 9.59 Å². The van der Waals surface area contributed by atoms with E-state index in [0.29, 0.717) is 5.56 Å². The molecule has 0 fully saturated rings. The topological polar surface area (TPSA) is 63.6 Å². The lowest BCUT2D eigenvalue weighted by atomic mass is 10.2. The van der Waals surface area contributed by atoms with Crippen LogP contribution < -0.4 is 0 Å². The Morgan fingerprint density at radius 3 is 2.71 bits per heavy atom. The molecule has 0 heterocycles. The van der Waals surface area contributed by atoms with Gasteiger partial charge in [0.05, 0.1) is 5.56 Å². The van der Waals surface area contributed by atoms with Gasteiger partial charge in [-0.25, -0.2) is 9.59 Å². The predicted molar refractivity (Wildman–Crippen MR) is 57.1 cm³/mol. The molecule has 14 heavy (non-hydrogen) atoms. The fraction of sp³-hybridized carbons (Fsp3) is 0.111. The highest BCUT2D eigenvalue weighted by molar-refractivity contribution is 14.1. The Bertz CT molecular complexity index is 362. The van der Waals surface area contributed by atoms with Crippen molar-refractivity contribution in [2.45, 2.75) is 0 Å². The van der Waals surface area contributed by atoms with Gasteiger partial charge in [-0.3, -0.25) is 0 Å². The van der Waals surface area contributed by atoms with Crippen molar-refractivity contribution in [2.24, 2.45) is 0 Å². The summed E-state index contributed by atoms with van der Waals surface area (Å²) >= 11 is 2.06. The number of esters is 1. The number of aliphatic carboxylic acids is 1. The van der Waals surface area contributed by atoms with Crippen molar-refractivity contribution in [3.05, 3.63) is 33.4 Å². The molecule has 74 valence electrons. The first kappa shape index (κ1) is 11.0. The number of hydrogen-bond acceptors (Lipinski definition) is 3. The third kappa shape index (κ3) is 3.33. The lowest BCUT2D eigenvalue weighted by Crippen LogP contribution is -2.13. The van der Waals surface area contributed by atoms with E-state index >= 15 is 0 Å². The standard InChI is InChI=1S/C9H7IO4/c10-7-3-1-2-6(4-7)9(13)14-5-8(11)12/h1-4H,5H2,(H,11,12). The Morgan fingerprint density at radius 1 is 1.43 bits per heavy atom. The van der Waals surface area contributed by atoms with E-state index < -0.39 is 18.5 Å². The summed E-state index contributed by atoms with van der Waals surface area (Å²) in [6.45, 7) is -0.607. The molecular weight excluding hydrogens is 299 g/mol. The van der Waals surface area contributed by atoms with Gasteiger partial charge in [-0.05, 0) is 40.8 Å². The summed E-state index contributed by atoms with van der Waals surface area (Å²) in [6.07, 6.45) is 0. The van der Waals surface area contributed by atoms with Gasteiger partial charge < -0.3 is 9.84 Å². The zero-order valence-corrected chi connectivity index (χ0v) is 9.22. The Hall–Kier alpha value is -1.11. The molecule has 1 N–H and O–H groups in total. The molecule has 0 aromatic heterocycles. The van der Waals surface area contributed by atoms with Crippen molar-refractivity contribution in [1.82, 2.24) is 0 Å². The molecule has 0 saturated carbocycles. The van der Waals surface area contributed by atoms with Gasteiger partial charge in [0.1, 0.15) is 0 Å². The van der Waals surface area contributed by atoms with Gasteiger partial charge in [-0.2, -0.15) is 0 Å². The summed E-state index contributed by atoms with van der Waals surface area (Å²) in [4.78, 5) is 21.3. The van der Waals surface area contributed by atoms with Crippen LogP contribution in [0, 0.1) is 3.57 Å². The molecule has 5 heteroatoms. The largest absolute Gasteiger partial charge is 0.479 e. The molecule has 0 aliphatic carbocycles. The Morgan fingerprint density at radius 2 is 2.14 bits per heavy atom. The number of carbonyl (C=O) groups excluding carboxylic acids is 1.